The molecule has 11 heteroatoms. The van der Waals surface area contributed by atoms with Crippen LogP contribution in [0.4, 0.5) is 13.2 Å². The Morgan fingerprint density at radius 3 is 2.44 bits per heavy atom. The normalized spacial score (nSPS) is 13.7. The lowest BCUT2D eigenvalue weighted by Crippen LogP contribution is -2.27. The first-order chi connectivity index (χ1) is 11.5. The van der Waals surface area contributed by atoms with Crippen LogP contribution in [-0.4, -0.2) is 41.8 Å². The molecule has 25 heavy (non-hydrogen) atoms. The summed E-state index contributed by atoms with van der Waals surface area (Å²) in [6, 6.07) is 6.04. The predicted molar refractivity (Wildman–Crippen MR) is 83.2 cm³/mol. The van der Waals surface area contributed by atoms with E-state index in [2.05, 4.69) is 5.10 Å². The molecule has 0 aliphatic rings. The number of nitrogens with zero attached hydrogens (tertiary/aromatic N) is 2. The predicted octanol–water partition coefficient (Wildman–Crippen LogP) is 2.31. The van der Waals surface area contributed by atoms with E-state index >= 15 is 0 Å². The molecule has 138 valence electrons. The van der Waals surface area contributed by atoms with Crippen LogP contribution in [0.25, 0.3) is 0 Å². The number of hydrogen-bond donors (Lipinski definition) is 1. The van der Waals surface area contributed by atoms with Crippen molar-refractivity contribution in [3.63, 3.8) is 0 Å². The number of aliphatic hydroxyl groups is 1. The molecule has 0 amide bonds. The minimum Gasteiger partial charge on any atom is -0.474 e. The lowest BCUT2D eigenvalue weighted by Gasteiger charge is -2.11. The fraction of sp³-hybridized carbons (Fsp3) is 0.357. The minimum absolute atomic E-state index is 0.0341. The standard InChI is InChI=1S/C14H14ClF3N2O4S/c1-20-12(14(16,17)18)6-13(19-20)24-7-10(21)8-25(22,23)11-4-2-9(15)3-5-11/h2-6,10,21H,7-8H2,1H3. The summed E-state index contributed by atoms with van der Waals surface area (Å²) in [4.78, 5) is -0.0341. The Bertz CT molecular complexity index is 835. The SMILES string of the molecule is Cn1nc(OCC(O)CS(=O)(=O)c2ccc(Cl)cc2)cc1C(F)(F)F. The lowest BCUT2D eigenvalue weighted by atomic mass is 10.4. The zero-order valence-corrected chi connectivity index (χ0v) is 14.4. The van der Waals surface area contributed by atoms with Crippen molar-refractivity contribution >= 4 is 21.4 Å². The quantitative estimate of drug-likeness (QED) is 0.807. The highest BCUT2D eigenvalue weighted by Crippen LogP contribution is 2.31. The number of alkyl halides is 3. The van der Waals surface area contributed by atoms with E-state index in [1.807, 2.05) is 0 Å². The van der Waals surface area contributed by atoms with Crippen LogP contribution in [0.15, 0.2) is 35.2 Å². The molecule has 2 rings (SSSR count). The highest BCUT2D eigenvalue weighted by Gasteiger charge is 2.35. The molecule has 0 aliphatic heterocycles. The Balaban J connectivity index is 1.99. The third kappa shape index (κ3) is 5.10. The van der Waals surface area contributed by atoms with Crippen LogP contribution in [0.2, 0.25) is 5.02 Å². The van der Waals surface area contributed by atoms with E-state index in [0.29, 0.717) is 15.8 Å². The Morgan fingerprint density at radius 1 is 1.32 bits per heavy atom. The van der Waals surface area contributed by atoms with Gasteiger partial charge in [0.2, 0.25) is 5.88 Å². The average Bonchev–Trinajstić information content (AvgIpc) is 2.86. The first-order valence-corrected chi connectivity index (χ1v) is 8.92. The molecule has 1 N–H and O–H groups in total. The van der Waals surface area contributed by atoms with E-state index in [9.17, 15) is 26.7 Å². The van der Waals surface area contributed by atoms with Crippen LogP contribution >= 0.6 is 11.6 Å². The van der Waals surface area contributed by atoms with Gasteiger partial charge in [0.05, 0.1) is 10.6 Å². The summed E-state index contributed by atoms with van der Waals surface area (Å²) in [5.41, 5.74) is -1.02. The largest absolute Gasteiger partial charge is 0.474 e. The molecule has 2 aromatic rings. The molecule has 0 saturated carbocycles. The second-order valence-corrected chi connectivity index (χ2v) is 7.66. The van der Waals surface area contributed by atoms with E-state index < -0.39 is 40.2 Å². The lowest BCUT2D eigenvalue weighted by molar-refractivity contribution is -0.143. The van der Waals surface area contributed by atoms with E-state index in [-0.39, 0.29) is 10.8 Å². The molecular formula is C14H14ClF3N2O4S. The Labute approximate surface area is 146 Å². The van der Waals surface area contributed by atoms with Crippen LogP contribution in [0, 0.1) is 0 Å². The summed E-state index contributed by atoms with van der Waals surface area (Å²) in [7, 11) is -2.71. The summed E-state index contributed by atoms with van der Waals surface area (Å²) in [6.45, 7) is -0.527. The van der Waals surface area contributed by atoms with Gasteiger partial charge >= 0.3 is 6.18 Å². The summed E-state index contributed by atoms with van der Waals surface area (Å²) in [5, 5.41) is 13.7. The van der Waals surface area contributed by atoms with Gasteiger partial charge in [-0.3, -0.25) is 4.68 Å². The molecule has 0 aliphatic carbocycles. The molecule has 0 bridgehead atoms. The van der Waals surface area contributed by atoms with Crippen molar-refractivity contribution < 1.29 is 31.4 Å². The van der Waals surface area contributed by atoms with Crippen molar-refractivity contribution in [3.8, 4) is 5.88 Å². The van der Waals surface area contributed by atoms with E-state index in [1.165, 1.54) is 24.3 Å². The van der Waals surface area contributed by atoms with Gasteiger partial charge in [0.15, 0.2) is 9.84 Å². The summed E-state index contributed by atoms with van der Waals surface area (Å²) < 4.78 is 67.7. The second-order valence-electron chi connectivity index (χ2n) is 5.19. The number of rotatable bonds is 6. The van der Waals surface area contributed by atoms with Crippen molar-refractivity contribution in [1.82, 2.24) is 9.78 Å². The monoisotopic (exact) mass is 398 g/mol. The number of hydrogen-bond acceptors (Lipinski definition) is 5. The van der Waals surface area contributed by atoms with Gasteiger partial charge in [0, 0.05) is 18.1 Å². The number of aryl methyl sites for hydroxylation is 1. The van der Waals surface area contributed by atoms with Crippen LogP contribution in [0.1, 0.15) is 5.69 Å². The maximum atomic E-state index is 12.6. The van der Waals surface area contributed by atoms with Gasteiger partial charge < -0.3 is 9.84 Å². The van der Waals surface area contributed by atoms with Crippen LogP contribution in [0.3, 0.4) is 0 Å². The molecular weight excluding hydrogens is 385 g/mol. The molecule has 1 heterocycles. The third-order valence-corrected chi connectivity index (χ3v) is 5.22. The van der Waals surface area contributed by atoms with Crippen LogP contribution < -0.4 is 4.74 Å². The van der Waals surface area contributed by atoms with Crippen molar-refractivity contribution in [1.29, 1.82) is 0 Å². The van der Waals surface area contributed by atoms with Gasteiger partial charge in [0.25, 0.3) is 0 Å². The van der Waals surface area contributed by atoms with E-state index in [1.54, 1.807) is 0 Å². The molecule has 1 atom stereocenters. The molecule has 0 spiro atoms. The topological polar surface area (TPSA) is 81.4 Å². The zero-order valence-electron chi connectivity index (χ0n) is 12.9. The maximum Gasteiger partial charge on any atom is 0.433 e. The Morgan fingerprint density at radius 2 is 1.92 bits per heavy atom. The van der Waals surface area contributed by atoms with Gasteiger partial charge in [-0.25, -0.2) is 8.42 Å². The van der Waals surface area contributed by atoms with Gasteiger partial charge in [-0.1, -0.05) is 11.6 Å². The minimum atomic E-state index is -4.60. The number of halogens is 4. The highest BCUT2D eigenvalue weighted by molar-refractivity contribution is 7.91. The fourth-order valence-corrected chi connectivity index (χ4v) is 3.47. The van der Waals surface area contributed by atoms with Crippen molar-refractivity contribution in [2.75, 3.05) is 12.4 Å². The smallest absolute Gasteiger partial charge is 0.433 e. The summed E-state index contributed by atoms with van der Waals surface area (Å²) in [6.07, 6.45) is -6.04. The van der Waals surface area contributed by atoms with Crippen molar-refractivity contribution in [2.24, 2.45) is 7.05 Å². The highest BCUT2D eigenvalue weighted by atomic mass is 35.5. The molecule has 0 radical (unpaired) electrons. The third-order valence-electron chi connectivity index (χ3n) is 3.16. The fourth-order valence-electron chi connectivity index (χ4n) is 2.00. The van der Waals surface area contributed by atoms with Gasteiger partial charge in [-0.15, -0.1) is 5.10 Å². The molecule has 1 unspecified atom stereocenters. The van der Waals surface area contributed by atoms with Gasteiger partial charge in [0.1, 0.15) is 18.4 Å². The van der Waals surface area contributed by atoms with E-state index in [0.717, 1.165) is 7.05 Å². The van der Waals surface area contributed by atoms with Gasteiger partial charge in [-0.2, -0.15) is 13.2 Å². The number of aliphatic hydroxyl groups excluding tert-OH is 1. The number of aromatic nitrogens is 2. The second kappa shape index (κ2) is 7.22. The maximum absolute atomic E-state index is 12.6. The molecule has 6 nitrogen and oxygen atoms in total. The first-order valence-electron chi connectivity index (χ1n) is 6.89. The first kappa shape index (κ1) is 19.5. The zero-order chi connectivity index (χ0) is 18.8. The molecule has 0 fully saturated rings. The van der Waals surface area contributed by atoms with Crippen LogP contribution in [0.5, 0.6) is 5.88 Å². The molecule has 1 aromatic carbocycles. The summed E-state index contributed by atoms with van der Waals surface area (Å²) in [5.74, 6) is -1.02. The average molecular weight is 399 g/mol. The Kier molecular flexibility index (Phi) is 5.65. The summed E-state index contributed by atoms with van der Waals surface area (Å²) >= 11 is 5.68. The number of ether oxygens (including phenoxy) is 1. The number of sulfone groups is 1. The van der Waals surface area contributed by atoms with Crippen LogP contribution in [-0.2, 0) is 23.1 Å². The molecule has 1 aromatic heterocycles. The Hall–Kier alpha value is -1.78. The van der Waals surface area contributed by atoms with Crippen molar-refractivity contribution in [3.05, 3.63) is 41.0 Å². The van der Waals surface area contributed by atoms with E-state index in [4.69, 9.17) is 16.3 Å². The molecule has 0 saturated heterocycles. The van der Waals surface area contributed by atoms with Crippen molar-refractivity contribution in [2.45, 2.75) is 17.2 Å². The number of benzene rings is 1. The van der Waals surface area contributed by atoms with Gasteiger partial charge in [-0.05, 0) is 24.3 Å².